The average Bonchev–Trinajstić information content (AvgIpc) is 2.96. The zero-order chi connectivity index (χ0) is 13.6. The highest BCUT2D eigenvalue weighted by molar-refractivity contribution is 7.99. The Labute approximate surface area is 126 Å². The largest absolute Gasteiger partial charge is 0.324 e. The van der Waals surface area contributed by atoms with Crippen LogP contribution in [0.1, 0.15) is 57.8 Å². The Hall–Kier alpha value is -0.220. The van der Waals surface area contributed by atoms with Crippen molar-refractivity contribution >= 4 is 17.7 Å². The fraction of sp³-hybridized carbons (Fsp3) is 0.938. The van der Waals surface area contributed by atoms with Crippen LogP contribution in [0.3, 0.4) is 0 Å². The number of nitrogens with zero attached hydrogens (tertiary/aromatic N) is 1. The lowest BCUT2D eigenvalue weighted by Gasteiger charge is -2.33. The van der Waals surface area contributed by atoms with Crippen molar-refractivity contribution in [2.45, 2.75) is 74.7 Å². The van der Waals surface area contributed by atoms with Crippen LogP contribution < -0.4 is 5.32 Å². The summed E-state index contributed by atoms with van der Waals surface area (Å²) in [5, 5.41) is 4.43. The van der Waals surface area contributed by atoms with E-state index in [9.17, 15) is 4.79 Å². The quantitative estimate of drug-likeness (QED) is 0.868. The van der Waals surface area contributed by atoms with Gasteiger partial charge in [0.15, 0.2) is 0 Å². The molecule has 0 aromatic rings. The Bertz CT molecular complexity index is 384. The van der Waals surface area contributed by atoms with Crippen molar-refractivity contribution in [2.24, 2.45) is 5.92 Å². The minimum Gasteiger partial charge on any atom is -0.324 e. The molecule has 0 radical (unpaired) electrons. The summed E-state index contributed by atoms with van der Waals surface area (Å²) in [6.07, 6.45) is 11.9. The Balaban J connectivity index is 1.49. The molecule has 1 N–H and O–H groups in total. The fourth-order valence-electron chi connectivity index (χ4n) is 4.32. The van der Waals surface area contributed by atoms with Crippen LogP contribution in [0.25, 0.3) is 0 Å². The third-order valence-electron chi connectivity index (χ3n) is 5.70. The van der Waals surface area contributed by atoms with E-state index in [1.54, 1.807) is 0 Å². The van der Waals surface area contributed by atoms with Crippen molar-refractivity contribution in [3.8, 4) is 0 Å². The smallest absolute Gasteiger partial charge is 0.244 e. The Kier molecular flexibility index (Phi) is 3.50. The van der Waals surface area contributed by atoms with Gasteiger partial charge < -0.3 is 4.90 Å². The molecule has 112 valence electrons. The van der Waals surface area contributed by atoms with E-state index in [0.717, 1.165) is 19.4 Å². The first-order valence-electron chi connectivity index (χ1n) is 8.49. The predicted octanol–water partition coefficient (Wildman–Crippen LogP) is 2.75. The van der Waals surface area contributed by atoms with Crippen LogP contribution in [0.15, 0.2) is 0 Å². The third kappa shape index (κ3) is 2.29. The summed E-state index contributed by atoms with van der Waals surface area (Å²) in [5.74, 6) is 2.44. The second kappa shape index (κ2) is 5.20. The van der Waals surface area contributed by atoms with Crippen LogP contribution >= 0.6 is 11.8 Å². The standard InChI is InChI=1S/C16H26N2OS/c19-15-16(8-9-16)17-14(12-5-1-2-6-12)18(15)11-13-7-3-4-10-20-13/h12-14,17H,1-11H2. The van der Waals surface area contributed by atoms with Crippen LogP contribution in [0, 0.1) is 5.92 Å². The first-order chi connectivity index (χ1) is 9.78. The van der Waals surface area contributed by atoms with Crippen LogP contribution in [0.2, 0.25) is 0 Å². The van der Waals surface area contributed by atoms with Gasteiger partial charge in [0.05, 0.1) is 11.7 Å². The van der Waals surface area contributed by atoms with Crippen LogP contribution in [-0.2, 0) is 4.79 Å². The van der Waals surface area contributed by atoms with Crippen molar-refractivity contribution in [3.63, 3.8) is 0 Å². The summed E-state index contributed by atoms with van der Waals surface area (Å²) in [5.41, 5.74) is -0.118. The predicted molar refractivity (Wildman–Crippen MR) is 82.7 cm³/mol. The Morgan fingerprint density at radius 3 is 2.55 bits per heavy atom. The topological polar surface area (TPSA) is 32.3 Å². The van der Waals surface area contributed by atoms with E-state index in [-0.39, 0.29) is 5.54 Å². The van der Waals surface area contributed by atoms with Crippen molar-refractivity contribution in [3.05, 3.63) is 0 Å². The van der Waals surface area contributed by atoms with Gasteiger partial charge in [0.2, 0.25) is 5.91 Å². The fourth-order valence-corrected chi connectivity index (χ4v) is 5.62. The average molecular weight is 294 g/mol. The molecule has 2 heterocycles. The lowest BCUT2D eigenvalue weighted by atomic mass is 10.0. The summed E-state index contributed by atoms with van der Waals surface area (Å²) in [6.45, 7) is 0.999. The summed E-state index contributed by atoms with van der Waals surface area (Å²) in [7, 11) is 0. The molecule has 2 saturated heterocycles. The molecule has 1 amide bonds. The van der Waals surface area contributed by atoms with E-state index in [0.29, 0.717) is 23.2 Å². The van der Waals surface area contributed by atoms with E-state index >= 15 is 0 Å². The molecular weight excluding hydrogens is 268 g/mol. The highest BCUT2D eigenvalue weighted by atomic mass is 32.2. The van der Waals surface area contributed by atoms with E-state index in [1.165, 1.54) is 50.7 Å². The maximum atomic E-state index is 12.8. The van der Waals surface area contributed by atoms with E-state index in [2.05, 4.69) is 22.0 Å². The molecule has 3 nitrogen and oxygen atoms in total. The van der Waals surface area contributed by atoms with Crippen LogP contribution in [0.5, 0.6) is 0 Å². The zero-order valence-corrected chi connectivity index (χ0v) is 13.1. The van der Waals surface area contributed by atoms with Crippen molar-refractivity contribution in [1.29, 1.82) is 0 Å². The van der Waals surface area contributed by atoms with E-state index in [4.69, 9.17) is 0 Å². The molecule has 2 aliphatic heterocycles. The van der Waals surface area contributed by atoms with E-state index in [1.807, 2.05) is 0 Å². The molecule has 1 spiro atoms. The first-order valence-corrected chi connectivity index (χ1v) is 9.54. The molecule has 2 atom stereocenters. The van der Waals surface area contributed by atoms with Gasteiger partial charge in [-0.3, -0.25) is 10.1 Å². The van der Waals surface area contributed by atoms with Crippen LogP contribution in [-0.4, -0.2) is 40.1 Å². The number of carbonyl (C=O) groups excluding carboxylic acids is 1. The maximum Gasteiger partial charge on any atom is 0.244 e. The number of thioether (sulfide) groups is 1. The molecule has 2 aliphatic carbocycles. The second-order valence-corrected chi connectivity index (χ2v) is 8.57. The molecule has 2 saturated carbocycles. The summed E-state index contributed by atoms with van der Waals surface area (Å²) < 4.78 is 0. The lowest BCUT2D eigenvalue weighted by Crippen LogP contribution is -2.45. The first kappa shape index (κ1) is 13.4. The number of amides is 1. The number of carbonyl (C=O) groups is 1. The minimum atomic E-state index is -0.118. The van der Waals surface area contributed by atoms with Crippen molar-refractivity contribution < 1.29 is 4.79 Å². The van der Waals surface area contributed by atoms with Crippen LogP contribution in [0.4, 0.5) is 0 Å². The summed E-state index contributed by atoms with van der Waals surface area (Å²) >= 11 is 2.10. The van der Waals surface area contributed by atoms with Crippen molar-refractivity contribution in [1.82, 2.24) is 10.2 Å². The normalized spacial score (nSPS) is 37.0. The molecule has 4 fully saturated rings. The number of rotatable bonds is 3. The molecule has 0 bridgehead atoms. The third-order valence-corrected chi connectivity index (χ3v) is 7.08. The molecule has 2 unspecified atom stereocenters. The van der Waals surface area contributed by atoms with Gasteiger partial charge in [-0.15, -0.1) is 0 Å². The zero-order valence-electron chi connectivity index (χ0n) is 12.3. The van der Waals surface area contributed by atoms with E-state index < -0.39 is 0 Å². The Morgan fingerprint density at radius 2 is 1.90 bits per heavy atom. The summed E-state index contributed by atoms with van der Waals surface area (Å²) in [6, 6.07) is 0. The van der Waals surface area contributed by atoms with Gasteiger partial charge >= 0.3 is 0 Å². The van der Waals surface area contributed by atoms with Gasteiger partial charge in [0.25, 0.3) is 0 Å². The molecule has 0 aromatic carbocycles. The number of hydrogen-bond donors (Lipinski definition) is 1. The Morgan fingerprint density at radius 1 is 1.15 bits per heavy atom. The summed E-state index contributed by atoms with van der Waals surface area (Å²) in [4.78, 5) is 15.0. The second-order valence-electron chi connectivity index (χ2n) is 7.16. The van der Waals surface area contributed by atoms with Gasteiger partial charge in [-0.2, -0.15) is 11.8 Å². The number of nitrogens with one attached hydrogen (secondary N) is 1. The SMILES string of the molecule is O=C1N(CC2CCCCS2)C(C2CCCC2)NC12CC2. The highest BCUT2D eigenvalue weighted by Gasteiger charge is 2.60. The molecule has 20 heavy (non-hydrogen) atoms. The molecule has 0 aromatic heterocycles. The highest BCUT2D eigenvalue weighted by Crippen LogP contribution is 2.46. The minimum absolute atomic E-state index is 0.118. The van der Waals surface area contributed by atoms with Gasteiger partial charge in [-0.1, -0.05) is 19.3 Å². The number of hydrogen-bond acceptors (Lipinski definition) is 3. The monoisotopic (exact) mass is 294 g/mol. The van der Waals surface area contributed by atoms with Gasteiger partial charge in [-0.05, 0) is 50.2 Å². The van der Waals surface area contributed by atoms with Crippen molar-refractivity contribution in [2.75, 3.05) is 12.3 Å². The molecular formula is C16H26N2OS. The molecule has 4 heteroatoms. The van der Waals surface area contributed by atoms with Gasteiger partial charge in [0.1, 0.15) is 0 Å². The van der Waals surface area contributed by atoms with Gasteiger partial charge in [0, 0.05) is 11.8 Å². The molecule has 4 rings (SSSR count). The maximum absolute atomic E-state index is 12.8. The van der Waals surface area contributed by atoms with Gasteiger partial charge in [-0.25, -0.2) is 0 Å². The molecule has 4 aliphatic rings. The lowest BCUT2D eigenvalue weighted by molar-refractivity contribution is -0.131.